The number of alkyl halides is 3. The molecule has 200 valence electrons. The van der Waals surface area contributed by atoms with Crippen LogP contribution in [0.5, 0.6) is 0 Å². The number of amides is 1. The molecule has 0 atom stereocenters. The van der Waals surface area contributed by atoms with Crippen LogP contribution in [0.1, 0.15) is 40.5 Å². The van der Waals surface area contributed by atoms with Gasteiger partial charge in [-0.2, -0.15) is 13.2 Å². The van der Waals surface area contributed by atoms with Gasteiger partial charge in [0, 0.05) is 74.6 Å². The molecule has 2 aliphatic heterocycles. The summed E-state index contributed by atoms with van der Waals surface area (Å²) in [6.45, 7) is 4.77. The molecule has 1 aromatic heterocycles. The molecule has 0 radical (unpaired) electrons. The van der Waals surface area contributed by atoms with Crippen LogP contribution in [0.3, 0.4) is 0 Å². The number of aromatic nitrogens is 2. The number of imidazole rings is 1. The van der Waals surface area contributed by atoms with Crippen LogP contribution in [-0.4, -0.2) is 72.8 Å². The minimum Gasteiger partial charge on any atom is -0.378 e. The number of carbonyl (C=O) groups excluding carboxylic acids is 1. The van der Waals surface area contributed by atoms with Gasteiger partial charge in [0.2, 0.25) is 0 Å². The summed E-state index contributed by atoms with van der Waals surface area (Å²) in [5.74, 6) is 1.47. The first-order chi connectivity index (χ1) is 18.4. The van der Waals surface area contributed by atoms with Gasteiger partial charge in [0.05, 0.1) is 24.3 Å². The second kappa shape index (κ2) is 9.98. The Kier molecular flexibility index (Phi) is 6.51. The Morgan fingerprint density at radius 1 is 0.868 bits per heavy atom. The van der Waals surface area contributed by atoms with E-state index in [4.69, 9.17) is 4.74 Å². The average Bonchev–Trinajstić information content (AvgIpc) is 3.68. The molecule has 2 saturated heterocycles. The number of hydrogen-bond acceptors (Lipinski definition) is 5. The van der Waals surface area contributed by atoms with Crippen LogP contribution in [0, 0.1) is 0 Å². The Bertz CT molecular complexity index is 1290. The molecule has 3 heterocycles. The number of anilines is 2. The van der Waals surface area contributed by atoms with Crippen LogP contribution in [0.2, 0.25) is 0 Å². The largest absolute Gasteiger partial charge is 0.416 e. The Labute approximate surface area is 219 Å². The predicted octanol–water partition coefficient (Wildman–Crippen LogP) is 4.57. The first-order valence-corrected chi connectivity index (χ1v) is 13.1. The molecule has 2 aromatic carbocycles. The summed E-state index contributed by atoms with van der Waals surface area (Å²) in [5, 5.41) is 0. The monoisotopic (exact) mass is 525 g/mol. The second-order valence-corrected chi connectivity index (χ2v) is 10.1. The van der Waals surface area contributed by atoms with Crippen molar-refractivity contribution >= 4 is 17.3 Å². The highest BCUT2D eigenvalue weighted by atomic mass is 19.4. The lowest BCUT2D eigenvalue weighted by Crippen LogP contribution is -2.49. The topological polar surface area (TPSA) is 53.8 Å². The molecule has 0 spiro atoms. The second-order valence-electron chi connectivity index (χ2n) is 10.1. The van der Waals surface area contributed by atoms with E-state index in [1.807, 2.05) is 34.3 Å². The molecule has 1 amide bonds. The third kappa shape index (κ3) is 4.97. The smallest absolute Gasteiger partial charge is 0.378 e. The summed E-state index contributed by atoms with van der Waals surface area (Å²) < 4.78 is 46.4. The Morgan fingerprint density at radius 2 is 1.55 bits per heavy atom. The lowest BCUT2D eigenvalue weighted by Gasteiger charge is -2.37. The lowest BCUT2D eigenvalue weighted by molar-refractivity contribution is -0.137. The van der Waals surface area contributed by atoms with Crippen molar-refractivity contribution in [2.45, 2.75) is 24.9 Å². The van der Waals surface area contributed by atoms with Gasteiger partial charge in [0.15, 0.2) is 0 Å². The molecule has 0 bridgehead atoms. The first-order valence-electron chi connectivity index (χ1n) is 13.1. The van der Waals surface area contributed by atoms with Crippen molar-refractivity contribution in [3.8, 4) is 5.69 Å². The molecular formula is C28H30F3N5O2. The number of halogens is 3. The highest BCUT2D eigenvalue weighted by molar-refractivity contribution is 6.00. The van der Waals surface area contributed by atoms with Crippen molar-refractivity contribution < 1.29 is 22.7 Å². The van der Waals surface area contributed by atoms with Crippen molar-refractivity contribution in [2.24, 2.45) is 0 Å². The van der Waals surface area contributed by atoms with Crippen LogP contribution in [0.4, 0.5) is 24.5 Å². The van der Waals surface area contributed by atoms with Gasteiger partial charge in [-0.05, 0) is 55.3 Å². The molecule has 3 fully saturated rings. The van der Waals surface area contributed by atoms with E-state index in [9.17, 15) is 18.0 Å². The van der Waals surface area contributed by atoms with Crippen molar-refractivity contribution in [3.05, 3.63) is 71.8 Å². The fourth-order valence-corrected chi connectivity index (χ4v) is 5.30. The summed E-state index contributed by atoms with van der Waals surface area (Å²) in [7, 11) is 0. The summed E-state index contributed by atoms with van der Waals surface area (Å²) >= 11 is 0. The van der Waals surface area contributed by atoms with E-state index in [1.54, 1.807) is 0 Å². The van der Waals surface area contributed by atoms with Crippen molar-refractivity contribution in [1.29, 1.82) is 0 Å². The van der Waals surface area contributed by atoms with Gasteiger partial charge in [-0.25, -0.2) is 4.98 Å². The summed E-state index contributed by atoms with van der Waals surface area (Å²) in [4.78, 5) is 24.5. The van der Waals surface area contributed by atoms with Crippen LogP contribution >= 0.6 is 0 Å². The molecule has 1 saturated carbocycles. The van der Waals surface area contributed by atoms with Crippen LogP contribution in [-0.2, 0) is 10.9 Å². The number of carbonyl (C=O) groups is 1. The maximum atomic E-state index is 13.9. The van der Waals surface area contributed by atoms with Crippen molar-refractivity contribution in [2.75, 3.05) is 62.3 Å². The molecule has 0 unspecified atom stereocenters. The highest BCUT2D eigenvalue weighted by Gasteiger charge is 2.32. The molecule has 1 aliphatic carbocycles. The van der Waals surface area contributed by atoms with E-state index in [-0.39, 0.29) is 5.91 Å². The first kappa shape index (κ1) is 24.8. The predicted molar refractivity (Wildman–Crippen MR) is 138 cm³/mol. The van der Waals surface area contributed by atoms with Gasteiger partial charge in [0.1, 0.15) is 5.82 Å². The number of piperazine rings is 1. The molecule has 3 aromatic rings. The molecule has 0 N–H and O–H groups in total. The average molecular weight is 526 g/mol. The SMILES string of the molecule is O=C(c1cc(-n2ccnc2C2CC2)ccc1N1CCOCC1)N1CCN(c2ccc(C(F)(F)F)cc2)CC1. The van der Waals surface area contributed by atoms with Crippen molar-refractivity contribution in [3.63, 3.8) is 0 Å². The van der Waals surface area contributed by atoms with E-state index in [0.717, 1.165) is 61.0 Å². The molecular weight excluding hydrogens is 495 g/mol. The van der Waals surface area contributed by atoms with Gasteiger partial charge in [0.25, 0.3) is 5.91 Å². The molecule has 6 rings (SSSR count). The van der Waals surface area contributed by atoms with Crippen LogP contribution < -0.4 is 9.80 Å². The van der Waals surface area contributed by atoms with Crippen LogP contribution in [0.25, 0.3) is 5.69 Å². The number of nitrogens with zero attached hydrogens (tertiary/aromatic N) is 5. The van der Waals surface area contributed by atoms with E-state index >= 15 is 0 Å². The van der Waals surface area contributed by atoms with E-state index in [0.29, 0.717) is 50.9 Å². The number of benzene rings is 2. The highest BCUT2D eigenvalue weighted by Crippen LogP contribution is 2.40. The number of morpholine rings is 1. The Hall–Kier alpha value is -3.53. The number of ether oxygens (including phenoxy) is 1. The van der Waals surface area contributed by atoms with Gasteiger partial charge in [-0.1, -0.05) is 0 Å². The molecule has 3 aliphatic rings. The van der Waals surface area contributed by atoms with Gasteiger partial charge in [-0.3, -0.25) is 4.79 Å². The third-order valence-corrected chi connectivity index (χ3v) is 7.58. The minimum atomic E-state index is -4.35. The van der Waals surface area contributed by atoms with Crippen LogP contribution in [0.15, 0.2) is 54.9 Å². The maximum Gasteiger partial charge on any atom is 0.416 e. The zero-order chi connectivity index (χ0) is 26.3. The van der Waals surface area contributed by atoms with Gasteiger partial charge >= 0.3 is 6.18 Å². The summed E-state index contributed by atoms with van der Waals surface area (Å²) in [6.07, 6.45) is 1.68. The van der Waals surface area contributed by atoms with E-state index in [1.165, 1.54) is 12.1 Å². The third-order valence-electron chi connectivity index (χ3n) is 7.58. The molecule has 7 nitrogen and oxygen atoms in total. The number of rotatable bonds is 5. The zero-order valence-corrected chi connectivity index (χ0v) is 21.0. The quantitative estimate of drug-likeness (QED) is 0.489. The summed E-state index contributed by atoms with van der Waals surface area (Å²) in [5.41, 5.74) is 2.55. The van der Waals surface area contributed by atoms with Gasteiger partial charge in [-0.15, -0.1) is 0 Å². The Balaban J connectivity index is 1.23. The van der Waals surface area contributed by atoms with Crippen molar-refractivity contribution in [1.82, 2.24) is 14.5 Å². The number of hydrogen-bond donors (Lipinski definition) is 0. The minimum absolute atomic E-state index is 0.0338. The maximum absolute atomic E-state index is 13.9. The standard InChI is InChI=1S/C28H30F3N5O2/c29-28(30,31)21-3-5-22(6-4-21)33-11-13-35(14-12-33)27(37)24-19-23(36-10-9-32-26(36)20-1-2-20)7-8-25(24)34-15-17-38-18-16-34/h3-10,19-20H,1-2,11-18H2. The zero-order valence-electron chi connectivity index (χ0n) is 21.0. The fraction of sp³-hybridized carbons (Fsp3) is 0.429. The fourth-order valence-electron chi connectivity index (χ4n) is 5.30. The van der Waals surface area contributed by atoms with E-state index in [2.05, 4.69) is 20.5 Å². The lowest BCUT2D eigenvalue weighted by atomic mass is 10.1. The Morgan fingerprint density at radius 3 is 2.21 bits per heavy atom. The molecule has 10 heteroatoms. The normalized spacial score (nSPS) is 18.7. The summed E-state index contributed by atoms with van der Waals surface area (Å²) in [6, 6.07) is 11.3. The molecule has 38 heavy (non-hydrogen) atoms. The van der Waals surface area contributed by atoms with E-state index < -0.39 is 11.7 Å². The van der Waals surface area contributed by atoms with Gasteiger partial charge < -0.3 is 24.0 Å².